The van der Waals surface area contributed by atoms with Crippen molar-refractivity contribution < 1.29 is 14.6 Å². The summed E-state index contributed by atoms with van der Waals surface area (Å²) in [5.74, 6) is -0.188. The Hall–Kier alpha value is -1.35. The molecule has 0 spiro atoms. The van der Waals surface area contributed by atoms with Gasteiger partial charge in [0.1, 0.15) is 0 Å². The summed E-state index contributed by atoms with van der Waals surface area (Å²) in [6, 6.07) is 0. The van der Waals surface area contributed by atoms with Gasteiger partial charge in [0, 0.05) is 6.42 Å². The maximum atomic E-state index is 10.8. The smallest absolute Gasteiger partial charge is 0.305 e. The molecule has 0 aromatic carbocycles. The molecule has 0 radical (unpaired) electrons. The van der Waals surface area contributed by atoms with Gasteiger partial charge >= 0.3 is 5.97 Å². The first-order valence-corrected chi connectivity index (χ1v) is 6.40. The molecule has 3 heteroatoms. The van der Waals surface area contributed by atoms with Crippen LogP contribution in [0.3, 0.4) is 0 Å². The Kier molecular flexibility index (Phi) is 11.2. The number of allylic oxidation sites excluding steroid dienone is 5. The Labute approximate surface area is 110 Å². The van der Waals surface area contributed by atoms with Crippen molar-refractivity contribution in [2.75, 3.05) is 7.11 Å². The van der Waals surface area contributed by atoms with E-state index in [1.165, 1.54) is 7.11 Å². The van der Waals surface area contributed by atoms with Gasteiger partial charge < -0.3 is 9.84 Å². The van der Waals surface area contributed by atoms with Gasteiger partial charge in [-0.3, -0.25) is 4.79 Å². The fraction of sp³-hybridized carbons (Fsp3) is 0.533. The molecule has 0 bridgehead atoms. The molecule has 0 aromatic heterocycles. The summed E-state index contributed by atoms with van der Waals surface area (Å²) < 4.78 is 4.54. The van der Waals surface area contributed by atoms with Gasteiger partial charge in [-0.1, -0.05) is 36.5 Å². The molecule has 0 aliphatic heterocycles. The predicted octanol–water partition coefficient (Wildman–Crippen LogP) is 3.16. The maximum absolute atomic E-state index is 10.8. The number of hydrogen-bond acceptors (Lipinski definition) is 3. The molecule has 0 rings (SSSR count). The zero-order valence-corrected chi connectivity index (χ0v) is 11.3. The number of carbonyl (C=O) groups is 1. The van der Waals surface area contributed by atoms with Gasteiger partial charge in [-0.25, -0.2) is 0 Å². The normalized spacial score (nSPS) is 13.7. The molecule has 1 atom stereocenters. The summed E-state index contributed by atoms with van der Waals surface area (Å²) in [7, 11) is 1.39. The Morgan fingerprint density at radius 2 is 2.06 bits per heavy atom. The topological polar surface area (TPSA) is 46.5 Å². The van der Waals surface area contributed by atoms with Gasteiger partial charge in [-0.05, 0) is 32.6 Å². The summed E-state index contributed by atoms with van der Waals surface area (Å²) in [5, 5.41) is 9.62. The van der Waals surface area contributed by atoms with E-state index in [1.807, 2.05) is 31.2 Å². The second-order valence-electron chi connectivity index (χ2n) is 4.01. The molecule has 0 aliphatic rings. The molecule has 0 saturated carbocycles. The lowest BCUT2D eigenvalue weighted by atomic mass is 10.1. The average molecular weight is 252 g/mol. The number of methoxy groups -OCH3 is 1. The van der Waals surface area contributed by atoms with Crippen molar-refractivity contribution in [3.05, 3.63) is 36.5 Å². The van der Waals surface area contributed by atoms with Crippen molar-refractivity contribution in [3.63, 3.8) is 0 Å². The minimum Gasteiger partial charge on any atom is -0.469 e. The number of aliphatic hydroxyl groups excluding tert-OH is 1. The van der Waals surface area contributed by atoms with Gasteiger partial charge in [0.05, 0.1) is 13.2 Å². The minimum absolute atomic E-state index is 0.188. The van der Waals surface area contributed by atoms with E-state index in [2.05, 4.69) is 10.8 Å². The van der Waals surface area contributed by atoms with Crippen molar-refractivity contribution in [2.24, 2.45) is 0 Å². The Morgan fingerprint density at radius 1 is 1.28 bits per heavy atom. The van der Waals surface area contributed by atoms with E-state index >= 15 is 0 Å². The fourth-order valence-corrected chi connectivity index (χ4v) is 1.39. The molecule has 0 saturated heterocycles. The van der Waals surface area contributed by atoms with E-state index in [0.29, 0.717) is 12.8 Å². The highest BCUT2D eigenvalue weighted by Crippen LogP contribution is 2.05. The van der Waals surface area contributed by atoms with Gasteiger partial charge in [-0.2, -0.15) is 0 Å². The molecule has 0 aromatic rings. The Balaban J connectivity index is 3.58. The summed E-state index contributed by atoms with van der Waals surface area (Å²) >= 11 is 0. The van der Waals surface area contributed by atoms with Crippen LogP contribution in [0.2, 0.25) is 0 Å². The third-order valence-electron chi connectivity index (χ3n) is 2.45. The van der Waals surface area contributed by atoms with Crippen LogP contribution in [0.15, 0.2) is 36.5 Å². The van der Waals surface area contributed by atoms with Crippen LogP contribution in [-0.4, -0.2) is 24.3 Å². The number of aliphatic hydroxyl groups is 1. The maximum Gasteiger partial charge on any atom is 0.305 e. The summed E-state index contributed by atoms with van der Waals surface area (Å²) in [4.78, 5) is 10.8. The van der Waals surface area contributed by atoms with E-state index in [-0.39, 0.29) is 5.97 Å². The van der Waals surface area contributed by atoms with Gasteiger partial charge in [-0.15, -0.1) is 0 Å². The molecule has 1 unspecified atom stereocenters. The standard InChI is InChI=1S/C15H24O3/c1-3-4-5-6-7-8-11-14(16)12-9-10-13-15(17)18-2/h3-4,6-8,11,14,16H,5,9-10,12-13H2,1-2H3. The molecule has 18 heavy (non-hydrogen) atoms. The fourth-order valence-electron chi connectivity index (χ4n) is 1.39. The molecule has 3 nitrogen and oxygen atoms in total. The molecular weight excluding hydrogens is 228 g/mol. The van der Waals surface area contributed by atoms with E-state index < -0.39 is 6.10 Å². The number of hydrogen-bond donors (Lipinski definition) is 1. The minimum atomic E-state index is -0.436. The number of esters is 1. The SMILES string of the molecule is CC=CCC=CC=CC(O)CCCCC(=O)OC. The predicted molar refractivity (Wildman–Crippen MR) is 74.2 cm³/mol. The van der Waals surface area contributed by atoms with Crippen molar-refractivity contribution in [1.82, 2.24) is 0 Å². The first kappa shape index (κ1) is 16.6. The largest absolute Gasteiger partial charge is 0.469 e. The third kappa shape index (κ3) is 11.1. The van der Waals surface area contributed by atoms with Crippen LogP contribution >= 0.6 is 0 Å². The lowest BCUT2D eigenvalue weighted by molar-refractivity contribution is -0.140. The quantitative estimate of drug-likeness (QED) is 0.297. The van der Waals surface area contributed by atoms with E-state index in [9.17, 15) is 9.90 Å². The van der Waals surface area contributed by atoms with Crippen molar-refractivity contribution in [1.29, 1.82) is 0 Å². The molecule has 0 aliphatic carbocycles. The number of rotatable bonds is 9. The van der Waals surface area contributed by atoms with Crippen molar-refractivity contribution in [2.45, 2.75) is 45.1 Å². The van der Waals surface area contributed by atoms with Crippen LogP contribution in [-0.2, 0) is 9.53 Å². The summed E-state index contributed by atoms with van der Waals surface area (Å²) in [6.07, 6.45) is 14.8. The zero-order chi connectivity index (χ0) is 13.6. The number of ether oxygens (including phenoxy) is 1. The highest BCUT2D eigenvalue weighted by atomic mass is 16.5. The van der Waals surface area contributed by atoms with E-state index in [0.717, 1.165) is 19.3 Å². The molecule has 0 heterocycles. The highest BCUT2D eigenvalue weighted by Gasteiger charge is 2.02. The Morgan fingerprint density at radius 3 is 2.72 bits per heavy atom. The summed E-state index contributed by atoms with van der Waals surface area (Å²) in [5.41, 5.74) is 0. The Bertz CT molecular complexity index is 290. The summed E-state index contributed by atoms with van der Waals surface area (Å²) in [6.45, 7) is 1.99. The number of carbonyl (C=O) groups excluding carboxylic acids is 1. The lowest BCUT2D eigenvalue weighted by Gasteiger charge is -2.04. The first-order chi connectivity index (χ1) is 8.70. The van der Waals surface area contributed by atoms with Gasteiger partial charge in [0.15, 0.2) is 0 Å². The van der Waals surface area contributed by atoms with E-state index in [1.54, 1.807) is 6.08 Å². The van der Waals surface area contributed by atoms with Crippen LogP contribution < -0.4 is 0 Å². The highest BCUT2D eigenvalue weighted by molar-refractivity contribution is 5.68. The second kappa shape index (κ2) is 12.1. The first-order valence-electron chi connectivity index (χ1n) is 6.40. The lowest BCUT2D eigenvalue weighted by Crippen LogP contribution is -2.03. The van der Waals surface area contributed by atoms with Gasteiger partial charge in [0.25, 0.3) is 0 Å². The van der Waals surface area contributed by atoms with Crippen LogP contribution in [0.4, 0.5) is 0 Å². The van der Waals surface area contributed by atoms with Crippen LogP contribution in [0.1, 0.15) is 39.0 Å². The molecular formula is C15H24O3. The molecule has 0 fully saturated rings. The van der Waals surface area contributed by atoms with Crippen molar-refractivity contribution in [3.8, 4) is 0 Å². The molecule has 1 N–H and O–H groups in total. The average Bonchev–Trinajstić information content (AvgIpc) is 2.38. The zero-order valence-electron chi connectivity index (χ0n) is 11.3. The number of unbranched alkanes of at least 4 members (excludes halogenated alkanes) is 1. The van der Waals surface area contributed by atoms with Gasteiger partial charge in [0.2, 0.25) is 0 Å². The van der Waals surface area contributed by atoms with Crippen LogP contribution in [0.25, 0.3) is 0 Å². The monoisotopic (exact) mass is 252 g/mol. The third-order valence-corrected chi connectivity index (χ3v) is 2.45. The second-order valence-corrected chi connectivity index (χ2v) is 4.01. The van der Waals surface area contributed by atoms with E-state index in [4.69, 9.17) is 0 Å². The van der Waals surface area contributed by atoms with Crippen LogP contribution in [0.5, 0.6) is 0 Å². The van der Waals surface area contributed by atoms with Crippen LogP contribution in [0, 0.1) is 0 Å². The molecule has 0 amide bonds. The molecule has 102 valence electrons. The van der Waals surface area contributed by atoms with Crippen molar-refractivity contribution >= 4 is 5.97 Å².